The molecule has 1 aromatic heterocycles. The minimum Gasteiger partial charge on any atom is -0.345 e. The fraction of sp³-hybridized carbons (Fsp3) is 0.556. The highest BCUT2D eigenvalue weighted by atomic mass is 79.9. The maximum absolute atomic E-state index is 12.3. The minimum atomic E-state index is -4.24. The fourth-order valence-corrected chi connectivity index (χ4v) is 1.62. The number of nitrogens with zero attached hydrogens (tertiary/aromatic N) is 3. The third-order valence-electron chi connectivity index (χ3n) is 1.83. The molecule has 0 radical (unpaired) electrons. The number of alkyl halides is 4. The van der Waals surface area contributed by atoms with Gasteiger partial charge in [-0.05, 0) is 18.6 Å². The summed E-state index contributed by atoms with van der Waals surface area (Å²) in [6.07, 6.45) is -2.74. The van der Waals surface area contributed by atoms with Gasteiger partial charge in [0.15, 0.2) is 5.82 Å². The van der Waals surface area contributed by atoms with Crippen LogP contribution in [0.15, 0.2) is 12.3 Å². The molecule has 16 heavy (non-hydrogen) atoms. The van der Waals surface area contributed by atoms with E-state index in [0.29, 0.717) is 5.33 Å². The third kappa shape index (κ3) is 4.34. The van der Waals surface area contributed by atoms with E-state index in [0.717, 1.165) is 10.5 Å². The molecule has 0 aliphatic heterocycles. The van der Waals surface area contributed by atoms with Gasteiger partial charge in [0.05, 0.1) is 6.20 Å². The number of aryl methyl sites for hydroxylation is 1. The molecule has 0 aromatic carbocycles. The minimum absolute atomic E-state index is 0.234. The summed E-state index contributed by atoms with van der Waals surface area (Å²) in [5.41, 5.74) is 0.784. The van der Waals surface area contributed by atoms with Crippen molar-refractivity contribution in [1.82, 2.24) is 10.2 Å². The average Bonchev–Trinajstić information content (AvgIpc) is 2.15. The second kappa shape index (κ2) is 5.47. The number of aromatic nitrogens is 2. The molecule has 0 amide bonds. The van der Waals surface area contributed by atoms with Crippen LogP contribution in [0.25, 0.3) is 0 Å². The zero-order valence-electron chi connectivity index (χ0n) is 8.63. The van der Waals surface area contributed by atoms with Gasteiger partial charge in [0.2, 0.25) is 0 Å². The topological polar surface area (TPSA) is 29.0 Å². The molecule has 0 fully saturated rings. The Balaban J connectivity index is 2.85. The molecular formula is C9H11BrF3N3. The van der Waals surface area contributed by atoms with Gasteiger partial charge in [-0.1, -0.05) is 15.9 Å². The molecule has 1 aromatic rings. The Bertz CT molecular complexity index is 343. The van der Waals surface area contributed by atoms with Gasteiger partial charge in [0.1, 0.15) is 6.54 Å². The Morgan fingerprint density at radius 2 is 2.12 bits per heavy atom. The molecule has 0 atom stereocenters. The molecule has 7 heteroatoms. The lowest BCUT2D eigenvalue weighted by Crippen LogP contribution is -2.36. The van der Waals surface area contributed by atoms with E-state index in [1.165, 1.54) is 6.20 Å². The molecule has 90 valence electrons. The SMILES string of the molecule is Cc1cnnc(N(CCBr)CC(F)(F)F)c1. The summed E-state index contributed by atoms with van der Waals surface area (Å²) in [6.45, 7) is 0.979. The highest BCUT2D eigenvalue weighted by molar-refractivity contribution is 9.09. The van der Waals surface area contributed by atoms with E-state index >= 15 is 0 Å². The Morgan fingerprint density at radius 3 is 2.62 bits per heavy atom. The largest absolute Gasteiger partial charge is 0.405 e. The lowest BCUT2D eigenvalue weighted by Gasteiger charge is -2.23. The molecule has 1 rings (SSSR count). The normalized spacial score (nSPS) is 11.6. The van der Waals surface area contributed by atoms with Gasteiger partial charge < -0.3 is 4.90 Å². The van der Waals surface area contributed by atoms with Crippen LogP contribution in [0, 0.1) is 6.92 Å². The number of rotatable bonds is 4. The number of halogens is 4. The van der Waals surface area contributed by atoms with E-state index in [4.69, 9.17) is 0 Å². The van der Waals surface area contributed by atoms with E-state index in [2.05, 4.69) is 26.1 Å². The van der Waals surface area contributed by atoms with Gasteiger partial charge >= 0.3 is 6.18 Å². The molecule has 0 saturated heterocycles. The number of hydrogen-bond donors (Lipinski definition) is 0. The molecular weight excluding hydrogens is 287 g/mol. The van der Waals surface area contributed by atoms with Crippen LogP contribution in [0.5, 0.6) is 0 Å². The first-order valence-electron chi connectivity index (χ1n) is 4.59. The predicted octanol–water partition coefficient (Wildman–Crippen LogP) is 2.55. The van der Waals surface area contributed by atoms with E-state index in [1.807, 2.05) is 0 Å². The van der Waals surface area contributed by atoms with E-state index < -0.39 is 12.7 Å². The summed E-state index contributed by atoms with van der Waals surface area (Å²) in [4.78, 5) is 1.15. The van der Waals surface area contributed by atoms with Gasteiger partial charge in [-0.25, -0.2) is 0 Å². The quantitative estimate of drug-likeness (QED) is 0.800. The summed E-state index contributed by atoms with van der Waals surface area (Å²) in [5, 5.41) is 7.78. The maximum atomic E-state index is 12.3. The van der Waals surface area contributed by atoms with Crippen molar-refractivity contribution in [3.63, 3.8) is 0 Å². The highest BCUT2D eigenvalue weighted by Crippen LogP contribution is 2.20. The van der Waals surface area contributed by atoms with Crippen molar-refractivity contribution in [2.45, 2.75) is 13.1 Å². The molecule has 0 unspecified atom stereocenters. The van der Waals surface area contributed by atoms with E-state index in [-0.39, 0.29) is 12.4 Å². The molecule has 0 bridgehead atoms. The maximum Gasteiger partial charge on any atom is 0.405 e. The molecule has 0 aliphatic carbocycles. The first kappa shape index (κ1) is 13.2. The summed E-state index contributed by atoms with van der Waals surface area (Å²) < 4.78 is 36.9. The van der Waals surface area contributed by atoms with Crippen LogP contribution in [0.2, 0.25) is 0 Å². The number of hydrogen-bond acceptors (Lipinski definition) is 3. The fourth-order valence-electron chi connectivity index (χ4n) is 1.20. The van der Waals surface area contributed by atoms with E-state index in [9.17, 15) is 13.2 Å². The summed E-state index contributed by atoms with van der Waals surface area (Å²) in [6, 6.07) is 1.58. The van der Waals surface area contributed by atoms with Crippen LogP contribution in [0.4, 0.5) is 19.0 Å². The van der Waals surface area contributed by atoms with Crippen LogP contribution in [-0.2, 0) is 0 Å². The summed E-state index contributed by atoms with van der Waals surface area (Å²) in [5.74, 6) is 0.247. The van der Waals surface area contributed by atoms with Crippen molar-refractivity contribution >= 4 is 21.7 Å². The Morgan fingerprint density at radius 1 is 1.44 bits per heavy atom. The molecule has 0 spiro atoms. The molecule has 0 saturated carbocycles. The Labute approximate surface area is 99.8 Å². The van der Waals surface area contributed by atoms with Gasteiger partial charge in [-0.2, -0.15) is 18.3 Å². The lowest BCUT2D eigenvalue weighted by molar-refractivity contribution is -0.119. The van der Waals surface area contributed by atoms with Gasteiger partial charge in [0.25, 0.3) is 0 Å². The zero-order valence-corrected chi connectivity index (χ0v) is 10.2. The second-order valence-electron chi connectivity index (χ2n) is 3.32. The van der Waals surface area contributed by atoms with Crippen molar-refractivity contribution in [3.8, 4) is 0 Å². The van der Waals surface area contributed by atoms with Crippen LogP contribution in [0.1, 0.15) is 5.56 Å². The highest BCUT2D eigenvalue weighted by Gasteiger charge is 2.31. The van der Waals surface area contributed by atoms with Crippen LogP contribution in [0.3, 0.4) is 0 Å². The average molecular weight is 298 g/mol. The van der Waals surface area contributed by atoms with Gasteiger partial charge in [0, 0.05) is 11.9 Å². The van der Waals surface area contributed by atoms with Crippen molar-refractivity contribution in [3.05, 3.63) is 17.8 Å². The van der Waals surface area contributed by atoms with Crippen molar-refractivity contribution in [1.29, 1.82) is 0 Å². The smallest absolute Gasteiger partial charge is 0.345 e. The van der Waals surface area contributed by atoms with Crippen molar-refractivity contribution in [2.24, 2.45) is 0 Å². The Hall–Kier alpha value is -0.850. The van der Waals surface area contributed by atoms with Crippen molar-refractivity contribution in [2.75, 3.05) is 23.3 Å². The van der Waals surface area contributed by atoms with Crippen LogP contribution < -0.4 is 4.90 Å². The van der Waals surface area contributed by atoms with Crippen LogP contribution in [-0.4, -0.2) is 34.8 Å². The predicted molar refractivity (Wildman–Crippen MR) is 58.8 cm³/mol. The first-order chi connectivity index (χ1) is 7.42. The summed E-state index contributed by atoms with van der Waals surface area (Å²) in [7, 11) is 0. The first-order valence-corrected chi connectivity index (χ1v) is 5.71. The third-order valence-corrected chi connectivity index (χ3v) is 2.18. The van der Waals surface area contributed by atoms with Gasteiger partial charge in [-0.3, -0.25) is 0 Å². The zero-order chi connectivity index (χ0) is 12.2. The molecule has 3 nitrogen and oxygen atoms in total. The Kier molecular flexibility index (Phi) is 4.52. The van der Waals surface area contributed by atoms with Crippen molar-refractivity contribution < 1.29 is 13.2 Å². The van der Waals surface area contributed by atoms with Gasteiger partial charge in [-0.15, -0.1) is 5.10 Å². The molecule has 0 aliphatic rings. The standard InChI is InChI=1S/C9H11BrF3N3/c1-7-4-8(15-14-5-7)16(3-2-10)6-9(11,12)13/h4-5H,2-3,6H2,1H3. The number of anilines is 1. The van der Waals surface area contributed by atoms with E-state index in [1.54, 1.807) is 13.0 Å². The molecule has 1 heterocycles. The molecule has 0 N–H and O–H groups in total. The summed E-state index contributed by atoms with van der Waals surface area (Å²) >= 11 is 3.12. The second-order valence-corrected chi connectivity index (χ2v) is 4.11. The lowest BCUT2D eigenvalue weighted by atomic mass is 10.3. The monoisotopic (exact) mass is 297 g/mol. The van der Waals surface area contributed by atoms with Crippen LogP contribution >= 0.6 is 15.9 Å².